The van der Waals surface area contributed by atoms with Crippen LogP contribution >= 0.6 is 11.8 Å². The third-order valence-electron chi connectivity index (χ3n) is 4.73. The third-order valence-corrected chi connectivity index (χ3v) is 5.77. The molecule has 0 spiro atoms. The van der Waals surface area contributed by atoms with Gasteiger partial charge in [0.2, 0.25) is 11.1 Å². The summed E-state index contributed by atoms with van der Waals surface area (Å²) in [6.07, 6.45) is 0. The van der Waals surface area contributed by atoms with E-state index in [0.717, 1.165) is 33.3 Å². The van der Waals surface area contributed by atoms with Gasteiger partial charge in [0.15, 0.2) is 0 Å². The summed E-state index contributed by atoms with van der Waals surface area (Å²) in [5.41, 5.74) is 3.91. The topological polar surface area (TPSA) is 72.7 Å². The minimum Gasteiger partial charge on any atom is -0.325 e. The van der Waals surface area contributed by atoms with Crippen LogP contribution in [0, 0.1) is 13.8 Å². The summed E-state index contributed by atoms with van der Waals surface area (Å²) in [6.45, 7) is 5.90. The Bertz CT molecular complexity index is 1180. The fourth-order valence-corrected chi connectivity index (χ4v) is 3.93. The van der Waals surface area contributed by atoms with E-state index < -0.39 is 0 Å². The largest absolute Gasteiger partial charge is 0.325 e. The van der Waals surface area contributed by atoms with Gasteiger partial charge in [-0.2, -0.15) is 4.68 Å². The monoisotopic (exact) mass is 403 g/mol. The lowest BCUT2D eigenvalue weighted by Gasteiger charge is -2.14. The molecular weight excluding hydrogens is 382 g/mol. The van der Waals surface area contributed by atoms with Crippen molar-refractivity contribution in [3.63, 3.8) is 0 Å². The van der Waals surface area contributed by atoms with E-state index in [4.69, 9.17) is 0 Å². The predicted molar refractivity (Wildman–Crippen MR) is 117 cm³/mol. The normalized spacial score (nSPS) is 12.1. The van der Waals surface area contributed by atoms with Crippen molar-refractivity contribution in [3.05, 3.63) is 71.8 Å². The molecule has 0 radical (unpaired) electrons. The van der Waals surface area contributed by atoms with Gasteiger partial charge in [0.1, 0.15) is 0 Å². The lowest BCUT2D eigenvalue weighted by molar-refractivity contribution is -0.115. The van der Waals surface area contributed by atoms with Crippen LogP contribution in [0.2, 0.25) is 0 Å². The molecule has 4 aromatic rings. The van der Waals surface area contributed by atoms with Crippen LogP contribution in [0.5, 0.6) is 0 Å². The van der Waals surface area contributed by atoms with Crippen molar-refractivity contribution in [2.75, 3.05) is 5.32 Å². The number of aryl methyl sites for hydroxylation is 2. The second-order valence-corrected chi connectivity index (χ2v) is 8.25. The molecule has 0 fully saturated rings. The minimum absolute atomic E-state index is 0.0955. The van der Waals surface area contributed by atoms with E-state index >= 15 is 0 Å². The second-order valence-electron chi connectivity index (χ2n) is 6.94. The smallest absolute Gasteiger partial charge is 0.237 e. The summed E-state index contributed by atoms with van der Waals surface area (Å²) >= 11 is 1.33. The molecule has 1 atom stereocenters. The molecule has 0 aliphatic carbocycles. The molecule has 0 saturated heterocycles. The van der Waals surface area contributed by atoms with Crippen molar-refractivity contribution >= 4 is 34.1 Å². The molecule has 0 aliphatic rings. The van der Waals surface area contributed by atoms with Gasteiger partial charge in [0, 0.05) is 11.1 Å². The van der Waals surface area contributed by atoms with E-state index in [9.17, 15) is 4.79 Å². The molecule has 6 nitrogen and oxygen atoms in total. The predicted octanol–water partition coefficient (Wildman–Crippen LogP) is 4.55. The molecular formula is C22H21N5OS. The first-order valence-corrected chi connectivity index (χ1v) is 10.2. The summed E-state index contributed by atoms with van der Waals surface area (Å²) in [6, 6.07) is 20.0. The van der Waals surface area contributed by atoms with Gasteiger partial charge in [-0.25, -0.2) is 0 Å². The van der Waals surface area contributed by atoms with E-state index in [2.05, 4.69) is 26.9 Å². The highest BCUT2D eigenvalue weighted by atomic mass is 32.2. The van der Waals surface area contributed by atoms with Crippen LogP contribution in [0.4, 0.5) is 5.69 Å². The maximum atomic E-state index is 12.8. The molecule has 1 aromatic heterocycles. The summed E-state index contributed by atoms with van der Waals surface area (Å²) in [7, 11) is 0. The Morgan fingerprint density at radius 2 is 1.86 bits per heavy atom. The minimum atomic E-state index is -0.371. The first-order chi connectivity index (χ1) is 14.0. The number of carbonyl (C=O) groups excluding carboxylic acids is 1. The van der Waals surface area contributed by atoms with Crippen LogP contribution < -0.4 is 5.32 Å². The summed E-state index contributed by atoms with van der Waals surface area (Å²) < 4.78 is 1.69. The Labute approximate surface area is 173 Å². The molecule has 1 heterocycles. The van der Waals surface area contributed by atoms with Crippen LogP contribution in [-0.2, 0) is 4.79 Å². The Morgan fingerprint density at radius 1 is 1.07 bits per heavy atom. The Morgan fingerprint density at radius 3 is 2.72 bits per heavy atom. The highest BCUT2D eigenvalue weighted by Gasteiger charge is 2.20. The number of anilines is 1. The van der Waals surface area contributed by atoms with E-state index in [0.29, 0.717) is 5.16 Å². The van der Waals surface area contributed by atoms with Crippen molar-refractivity contribution in [1.82, 2.24) is 20.2 Å². The molecule has 0 unspecified atom stereocenters. The summed E-state index contributed by atoms with van der Waals surface area (Å²) in [4.78, 5) is 12.8. The number of carbonyl (C=O) groups is 1. The zero-order chi connectivity index (χ0) is 20.4. The zero-order valence-corrected chi connectivity index (χ0v) is 17.3. The van der Waals surface area contributed by atoms with Crippen LogP contribution in [0.3, 0.4) is 0 Å². The van der Waals surface area contributed by atoms with Crippen molar-refractivity contribution in [2.24, 2.45) is 0 Å². The highest BCUT2D eigenvalue weighted by Crippen LogP contribution is 2.27. The van der Waals surface area contributed by atoms with Crippen LogP contribution in [0.25, 0.3) is 16.5 Å². The van der Waals surface area contributed by atoms with Crippen molar-refractivity contribution in [3.8, 4) is 5.69 Å². The van der Waals surface area contributed by atoms with Gasteiger partial charge in [0.05, 0.1) is 10.9 Å². The molecule has 29 heavy (non-hydrogen) atoms. The van der Waals surface area contributed by atoms with Crippen LogP contribution in [0.15, 0.2) is 65.8 Å². The molecule has 3 aromatic carbocycles. The SMILES string of the molecule is Cc1ccc(C)c(-n2nnnc2S[C@H](C)C(=O)Nc2cccc3ccccc23)c1. The number of thioether (sulfide) groups is 1. The quantitative estimate of drug-likeness (QED) is 0.495. The lowest BCUT2D eigenvalue weighted by Crippen LogP contribution is -2.23. The van der Waals surface area contributed by atoms with Crippen molar-refractivity contribution in [1.29, 1.82) is 0 Å². The van der Waals surface area contributed by atoms with Gasteiger partial charge >= 0.3 is 0 Å². The number of amides is 1. The van der Waals surface area contributed by atoms with Crippen LogP contribution in [-0.4, -0.2) is 31.4 Å². The number of hydrogen-bond acceptors (Lipinski definition) is 5. The summed E-state index contributed by atoms with van der Waals surface area (Å²) in [5, 5.41) is 17.4. The molecule has 0 bridgehead atoms. The van der Waals surface area contributed by atoms with E-state index in [1.54, 1.807) is 4.68 Å². The number of tetrazole rings is 1. The average Bonchev–Trinajstić information content (AvgIpc) is 3.18. The zero-order valence-electron chi connectivity index (χ0n) is 16.5. The highest BCUT2D eigenvalue weighted by molar-refractivity contribution is 8.00. The first kappa shape index (κ1) is 19.1. The Balaban J connectivity index is 1.54. The standard InChI is InChI=1S/C22H21N5OS/c1-14-11-12-15(2)20(13-14)27-22(24-25-26-27)29-16(3)21(28)23-19-10-6-8-17-7-4-5-9-18(17)19/h4-13,16H,1-3H3,(H,23,28)/t16-/m1/s1. The van der Waals surface area contributed by atoms with Gasteiger partial charge in [-0.1, -0.05) is 60.3 Å². The van der Waals surface area contributed by atoms with Crippen molar-refractivity contribution in [2.45, 2.75) is 31.2 Å². The second kappa shape index (κ2) is 8.05. The maximum absolute atomic E-state index is 12.8. The summed E-state index contributed by atoms with van der Waals surface area (Å²) in [5.74, 6) is -0.0955. The number of hydrogen-bond donors (Lipinski definition) is 1. The van der Waals surface area contributed by atoms with Gasteiger partial charge in [-0.15, -0.1) is 5.10 Å². The van der Waals surface area contributed by atoms with Crippen LogP contribution in [0.1, 0.15) is 18.1 Å². The molecule has 7 heteroatoms. The fourth-order valence-electron chi connectivity index (χ4n) is 3.13. The third kappa shape index (κ3) is 4.00. The average molecular weight is 404 g/mol. The maximum Gasteiger partial charge on any atom is 0.237 e. The molecule has 0 aliphatic heterocycles. The molecule has 1 amide bonds. The number of nitrogens with zero attached hydrogens (tertiary/aromatic N) is 4. The van der Waals surface area contributed by atoms with Gasteiger partial charge < -0.3 is 5.32 Å². The van der Waals surface area contributed by atoms with E-state index in [-0.39, 0.29) is 11.2 Å². The number of benzene rings is 3. The number of rotatable bonds is 5. The van der Waals surface area contributed by atoms with Gasteiger partial charge in [-0.3, -0.25) is 4.79 Å². The van der Waals surface area contributed by atoms with Gasteiger partial charge in [-0.05, 0) is 59.8 Å². The van der Waals surface area contributed by atoms with Gasteiger partial charge in [0.25, 0.3) is 0 Å². The first-order valence-electron chi connectivity index (χ1n) is 9.34. The van der Waals surface area contributed by atoms with E-state index in [1.165, 1.54) is 11.8 Å². The van der Waals surface area contributed by atoms with E-state index in [1.807, 2.05) is 75.4 Å². The number of fused-ring (bicyclic) bond motifs is 1. The number of nitrogens with one attached hydrogen (secondary N) is 1. The molecule has 0 saturated carbocycles. The molecule has 1 N–H and O–H groups in total. The Hall–Kier alpha value is -3.19. The Kier molecular flexibility index (Phi) is 5.31. The lowest BCUT2D eigenvalue weighted by atomic mass is 10.1. The molecule has 4 rings (SSSR count). The number of aromatic nitrogens is 4. The fraction of sp³-hybridized carbons (Fsp3) is 0.182. The molecule has 146 valence electrons. The van der Waals surface area contributed by atoms with Crippen molar-refractivity contribution < 1.29 is 4.79 Å².